The Kier molecular flexibility index (Phi) is 4.19. The SMILES string of the molecule is C#CC1CCN(c2cccc3c2C(=O)N(C2CCC(=O)NC2=O)C3=O)CC1. The van der Waals surface area contributed by atoms with Crippen LogP contribution in [0, 0.1) is 18.3 Å². The number of nitrogens with zero attached hydrogens (tertiary/aromatic N) is 2. The average Bonchev–Trinajstić information content (AvgIpc) is 2.93. The van der Waals surface area contributed by atoms with E-state index in [1.54, 1.807) is 12.1 Å². The minimum absolute atomic E-state index is 0.107. The largest absolute Gasteiger partial charge is 0.371 e. The molecule has 1 atom stereocenters. The number of benzene rings is 1. The summed E-state index contributed by atoms with van der Waals surface area (Å²) in [6.45, 7) is 1.43. The summed E-state index contributed by atoms with van der Waals surface area (Å²) in [4.78, 5) is 52.6. The number of nitrogens with one attached hydrogen (secondary N) is 1. The highest BCUT2D eigenvalue weighted by Gasteiger charge is 2.46. The highest BCUT2D eigenvalue weighted by atomic mass is 16.2. The van der Waals surface area contributed by atoms with E-state index in [2.05, 4.69) is 16.1 Å². The summed E-state index contributed by atoms with van der Waals surface area (Å²) >= 11 is 0. The molecule has 27 heavy (non-hydrogen) atoms. The summed E-state index contributed by atoms with van der Waals surface area (Å²) in [7, 11) is 0. The topological polar surface area (TPSA) is 86.8 Å². The average molecular weight is 365 g/mol. The fourth-order valence-corrected chi connectivity index (χ4v) is 4.05. The zero-order valence-electron chi connectivity index (χ0n) is 14.7. The minimum atomic E-state index is -0.949. The van der Waals surface area contributed by atoms with E-state index in [9.17, 15) is 19.2 Å². The first-order valence-corrected chi connectivity index (χ1v) is 9.07. The predicted octanol–water partition coefficient (Wildman–Crippen LogP) is 0.937. The fourth-order valence-electron chi connectivity index (χ4n) is 4.05. The lowest BCUT2D eigenvalue weighted by Gasteiger charge is -2.33. The maximum atomic E-state index is 13.1. The van der Waals surface area contributed by atoms with Crippen LogP contribution in [0.4, 0.5) is 5.69 Å². The van der Waals surface area contributed by atoms with Crippen molar-refractivity contribution in [1.29, 1.82) is 0 Å². The van der Waals surface area contributed by atoms with E-state index in [-0.39, 0.29) is 24.7 Å². The van der Waals surface area contributed by atoms with Gasteiger partial charge in [0.1, 0.15) is 6.04 Å². The van der Waals surface area contributed by atoms with Crippen LogP contribution in [0.5, 0.6) is 0 Å². The van der Waals surface area contributed by atoms with E-state index in [1.807, 2.05) is 6.07 Å². The number of amides is 4. The van der Waals surface area contributed by atoms with Crippen molar-refractivity contribution in [2.45, 2.75) is 31.7 Å². The highest BCUT2D eigenvalue weighted by molar-refractivity contribution is 6.25. The first kappa shape index (κ1) is 17.3. The summed E-state index contributed by atoms with van der Waals surface area (Å²) < 4.78 is 0. The van der Waals surface area contributed by atoms with Crippen LogP contribution >= 0.6 is 0 Å². The zero-order valence-corrected chi connectivity index (χ0v) is 14.7. The van der Waals surface area contributed by atoms with E-state index in [0.717, 1.165) is 17.7 Å². The standard InChI is InChI=1S/C20H19N3O4/c1-2-12-8-10-22(11-9-12)14-5-3-4-13-17(14)20(27)23(19(13)26)15-6-7-16(24)21-18(15)25/h1,3-5,12,15H,6-11H2,(H,21,24,25). The second kappa shape index (κ2) is 6.54. The second-order valence-corrected chi connectivity index (χ2v) is 7.07. The molecule has 1 unspecified atom stereocenters. The monoisotopic (exact) mass is 365 g/mol. The lowest BCUT2D eigenvalue weighted by atomic mass is 9.96. The van der Waals surface area contributed by atoms with Gasteiger partial charge in [-0.15, -0.1) is 12.3 Å². The molecule has 7 heteroatoms. The summed E-state index contributed by atoms with van der Waals surface area (Å²) in [6.07, 6.45) is 7.43. The van der Waals surface area contributed by atoms with Crippen molar-refractivity contribution in [3.05, 3.63) is 29.3 Å². The molecular weight excluding hydrogens is 346 g/mol. The Morgan fingerprint density at radius 3 is 2.44 bits per heavy atom. The number of rotatable bonds is 2. The Balaban J connectivity index is 1.65. The van der Waals surface area contributed by atoms with Gasteiger partial charge < -0.3 is 4.90 Å². The Morgan fingerprint density at radius 1 is 1.04 bits per heavy atom. The molecule has 0 bridgehead atoms. The third-order valence-corrected chi connectivity index (χ3v) is 5.52. The van der Waals surface area contributed by atoms with Crippen LogP contribution in [0.15, 0.2) is 18.2 Å². The molecule has 1 N–H and O–H groups in total. The summed E-state index contributed by atoms with van der Waals surface area (Å²) in [5, 5.41) is 2.21. The normalized spacial score (nSPS) is 23.3. The molecule has 3 aliphatic heterocycles. The number of carbonyl (C=O) groups excluding carboxylic acids is 4. The molecule has 0 aromatic heterocycles. The molecule has 3 aliphatic rings. The molecule has 0 radical (unpaired) electrons. The summed E-state index contributed by atoms with van der Waals surface area (Å²) in [5.74, 6) is 1.07. The third-order valence-electron chi connectivity index (χ3n) is 5.52. The third kappa shape index (κ3) is 2.78. The highest BCUT2D eigenvalue weighted by Crippen LogP contribution is 2.35. The Bertz CT molecular complexity index is 893. The molecule has 4 amide bonds. The number of carbonyl (C=O) groups is 4. The van der Waals surface area contributed by atoms with Crippen molar-refractivity contribution in [2.75, 3.05) is 18.0 Å². The van der Waals surface area contributed by atoms with Crippen LogP contribution in [-0.2, 0) is 9.59 Å². The Morgan fingerprint density at radius 2 is 1.78 bits per heavy atom. The molecule has 138 valence electrons. The molecular formula is C20H19N3O4. The number of anilines is 1. The van der Waals surface area contributed by atoms with Gasteiger partial charge in [0, 0.05) is 25.4 Å². The van der Waals surface area contributed by atoms with Crippen molar-refractivity contribution in [3.8, 4) is 12.3 Å². The van der Waals surface area contributed by atoms with Gasteiger partial charge in [0.2, 0.25) is 11.8 Å². The van der Waals surface area contributed by atoms with Gasteiger partial charge in [-0.3, -0.25) is 29.4 Å². The fraction of sp³-hybridized carbons (Fsp3) is 0.400. The zero-order chi connectivity index (χ0) is 19.1. The van der Waals surface area contributed by atoms with E-state index in [4.69, 9.17) is 6.42 Å². The van der Waals surface area contributed by atoms with E-state index in [1.165, 1.54) is 0 Å². The molecule has 0 aliphatic carbocycles. The molecule has 2 fully saturated rings. The minimum Gasteiger partial charge on any atom is -0.371 e. The van der Waals surface area contributed by atoms with Crippen molar-refractivity contribution < 1.29 is 19.2 Å². The lowest BCUT2D eigenvalue weighted by Crippen LogP contribution is -2.54. The maximum absolute atomic E-state index is 13.1. The molecule has 3 heterocycles. The van der Waals surface area contributed by atoms with E-state index >= 15 is 0 Å². The second-order valence-electron chi connectivity index (χ2n) is 7.07. The number of terminal acetylenes is 1. The van der Waals surface area contributed by atoms with Crippen molar-refractivity contribution in [1.82, 2.24) is 10.2 Å². The summed E-state index contributed by atoms with van der Waals surface area (Å²) in [5.41, 5.74) is 1.35. The van der Waals surface area contributed by atoms with Crippen LogP contribution in [0.3, 0.4) is 0 Å². The van der Waals surface area contributed by atoms with Crippen LogP contribution < -0.4 is 10.2 Å². The van der Waals surface area contributed by atoms with Gasteiger partial charge in [0.05, 0.1) is 16.8 Å². The van der Waals surface area contributed by atoms with E-state index < -0.39 is 23.8 Å². The van der Waals surface area contributed by atoms with Crippen LogP contribution in [0.1, 0.15) is 46.4 Å². The van der Waals surface area contributed by atoms with Gasteiger partial charge >= 0.3 is 0 Å². The van der Waals surface area contributed by atoms with Gasteiger partial charge in [0.15, 0.2) is 0 Å². The Hall–Kier alpha value is -3.14. The van der Waals surface area contributed by atoms with Crippen LogP contribution in [-0.4, -0.2) is 47.7 Å². The number of piperidine rings is 2. The van der Waals surface area contributed by atoms with Gasteiger partial charge in [-0.2, -0.15) is 0 Å². The smallest absolute Gasteiger partial charge is 0.264 e. The number of fused-ring (bicyclic) bond motifs is 1. The molecule has 1 aromatic rings. The molecule has 4 rings (SSSR count). The van der Waals surface area contributed by atoms with Crippen LogP contribution in [0.2, 0.25) is 0 Å². The summed E-state index contributed by atoms with van der Waals surface area (Å²) in [6, 6.07) is 4.24. The predicted molar refractivity (Wildman–Crippen MR) is 96.9 cm³/mol. The van der Waals surface area contributed by atoms with Crippen molar-refractivity contribution >= 4 is 29.3 Å². The van der Waals surface area contributed by atoms with Crippen molar-refractivity contribution in [2.24, 2.45) is 5.92 Å². The molecule has 0 saturated carbocycles. The number of hydrogen-bond donors (Lipinski definition) is 1. The molecule has 1 aromatic carbocycles. The van der Waals surface area contributed by atoms with Crippen molar-refractivity contribution in [3.63, 3.8) is 0 Å². The quantitative estimate of drug-likeness (QED) is 0.623. The van der Waals surface area contributed by atoms with E-state index in [0.29, 0.717) is 29.9 Å². The molecule has 2 saturated heterocycles. The van der Waals surface area contributed by atoms with Crippen LogP contribution in [0.25, 0.3) is 0 Å². The number of imide groups is 2. The first-order valence-electron chi connectivity index (χ1n) is 9.07. The molecule has 0 spiro atoms. The van der Waals surface area contributed by atoms with Gasteiger partial charge in [-0.1, -0.05) is 6.07 Å². The van der Waals surface area contributed by atoms with Gasteiger partial charge in [0.25, 0.3) is 11.8 Å². The first-order chi connectivity index (χ1) is 13.0. The Labute approximate surface area is 156 Å². The van der Waals surface area contributed by atoms with Gasteiger partial charge in [-0.25, -0.2) is 0 Å². The van der Waals surface area contributed by atoms with Gasteiger partial charge in [-0.05, 0) is 31.4 Å². The molecule has 7 nitrogen and oxygen atoms in total. The maximum Gasteiger partial charge on any atom is 0.264 e. The lowest BCUT2D eigenvalue weighted by molar-refractivity contribution is -0.136. The number of hydrogen-bond acceptors (Lipinski definition) is 5.